The van der Waals surface area contributed by atoms with Crippen molar-refractivity contribution in [3.05, 3.63) is 83.9 Å². The zero-order valence-electron chi connectivity index (χ0n) is 30.3. The van der Waals surface area contributed by atoms with E-state index >= 15 is 0 Å². The highest BCUT2D eigenvalue weighted by atomic mass is 35.5. The maximum Gasteiger partial charge on any atom is 0.243 e. The average Bonchev–Trinajstić information content (AvgIpc) is 3.10. The highest BCUT2D eigenvalue weighted by Crippen LogP contribution is 2.30. The molecule has 0 bridgehead atoms. The number of carbonyl (C=O) groups is 1. The molecule has 6 rings (SSSR count). The number of aryl methyl sites for hydroxylation is 1. The number of anilines is 5. The standard InChI is InChI=1S/C35H42N8O4S.ClH.4H3N.4H2/c1-25-13-16-28(17-14-25)48(46,47)41-30(23-26-11-5-2-6-12-26)32(45)37-29-18-15-27(24-31(29)44)36-33-38-34(42-19-7-3-8-20-42)40-35(39-33)43-21-9-4-10-22-43;;;;;;;;;/h2,5-6,11-18,24,30,41,44H,3-4,7-10,19-23H2,1H3,(H,37,45)(H,36,38,39,40);1H;4*1H3;4*1H. The number of amides is 1. The van der Waals surface area contributed by atoms with Gasteiger partial charge in [0.15, 0.2) is 0 Å². The van der Waals surface area contributed by atoms with Gasteiger partial charge in [0.1, 0.15) is 11.8 Å². The number of halogens is 1. The Morgan fingerprint density at radius 3 is 1.87 bits per heavy atom. The normalized spacial score (nSPS) is 14.4. The molecule has 0 aliphatic carbocycles. The number of hydrogen-bond donors (Lipinski definition) is 8. The molecule has 2 aliphatic rings. The number of nitrogens with one attached hydrogen (secondary N) is 3. The Hall–Kier alpha value is -4.62. The van der Waals surface area contributed by atoms with E-state index in [1.165, 1.54) is 31.0 Å². The summed E-state index contributed by atoms with van der Waals surface area (Å²) in [5, 5.41) is 16.9. The topological polar surface area (TPSA) is 293 Å². The first-order valence-electron chi connectivity index (χ1n) is 16.5. The minimum Gasteiger partial charge on any atom is -0.506 e. The van der Waals surface area contributed by atoms with Crippen LogP contribution in [-0.4, -0.2) is 66.6 Å². The molecule has 3 heterocycles. The Labute approximate surface area is 324 Å². The number of carbonyl (C=O) groups excluding carboxylic acids is 1. The van der Waals surface area contributed by atoms with Gasteiger partial charge in [-0.3, -0.25) is 4.79 Å². The molecular weight excluding hydrogens is 720 g/mol. The number of sulfonamides is 1. The zero-order chi connectivity index (χ0) is 33.5. The molecule has 4 aromatic rings. The minimum absolute atomic E-state index is 0. The fourth-order valence-corrected chi connectivity index (χ4v) is 7.15. The van der Waals surface area contributed by atoms with Crippen molar-refractivity contribution < 1.29 is 24.0 Å². The van der Waals surface area contributed by atoms with Crippen LogP contribution in [0.1, 0.15) is 55.4 Å². The van der Waals surface area contributed by atoms with Crippen LogP contribution in [0.3, 0.4) is 0 Å². The van der Waals surface area contributed by atoms with Crippen LogP contribution in [0, 0.1) is 6.92 Å². The largest absolute Gasteiger partial charge is 0.506 e. The maximum absolute atomic E-state index is 13.6. The van der Waals surface area contributed by atoms with Crippen LogP contribution in [-0.2, 0) is 21.2 Å². The number of hydrogen-bond acceptors (Lipinski definition) is 14. The lowest BCUT2D eigenvalue weighted by molar-refractivity contribution is -0.117. The number of phenolic OH excluding ortho intramolecular Hbond substituents is 1. The average molecular weight is 783 g/mol. The fourth-order valence-electron chi connectivity index (χ4n) is 5.95. The minimum atomic E-state index is -4.02. The molecule has 0 spiro atoms. The monoisotopic (exact) mass is 782 g/mol. The van der Waals surface area contributed by atoms with Crippen LogP contribution in [0.15, 0.2) is 77.7 Å². The van der Waals surface area contributed by atoms with Gasteiger partial charge in [-0.2, -0.15) is 19.7 Å². The Morgan fingerprint density at radius 2 is 1.34 bits per heavy atom. The summed E-state index contributed by atoms with van der Waals surface area (Å²) in [6.07, 6.45) is 6.86. The molecule has 1 aromatic heterocycles. The SMILES string of the molecule is Cc1ccc(S(=O)(=O)NC(Cc2ccccc2)C(=O)Nc2ccc(Nc3nc(N4CCCCC4)nc(N4CCCCC4)n3)cc2O)cc1.Cl.N.N.N.N.[HH].[HH].[HH].[HH]. The number of piperidine rings is 2. The predicted molar refractivity (Wildman–Crippen MR) is 223 cm³/mol. The van der Waals surface area contributed by atoms with Gasteiger partial charge in [-0.25, -0.2) is 8.42 Å². The van der Waals surface area contributed by atoms with Gasteiger partial charge in [-0.05, 0) is 81.7 Å². The van der Waals surface area contributed by atoms with Gasteiger partial charge >= 0.3 is 0 Å². The first-order valence-corrected chi connectivity index (χ1v) is 18.0. The smallest absolute Gasteiger partial charge is 0.243 e. The van der Waals surface area contributed by atoms with Crippen LogP contribution in [0.5, 0.6) is 5.75 Å². The van der Waals surface area contributed by atoms with E-state index in [9.17, 15) is 18.3 Å². The Kier molecular flexibility index (Phi) is 18.5. The third-order valence-electron chi connectivity index (χ3n) is 8.63. The Balaban J connectivity index is -0.00000156. The van der Waals surface area contributed by atoms with E-state index in [1.54, 1.807) is 24.3 Å². The third kappa shape index (κ3) is 12.2. The first-order chi connectivity index (χ1) is 23.2. The van der Waals surface area contributed by atoms with Gasteiger partial charge in [0, 0.05) is 43.6 Å². The fraction of sp³-hybridized carbons (Fsp3) is 0.371. The van der Waals surface area contributed by atoms with Gasteiger partial charge < -0.3 is 50.1 Å². The van der Waals surface area contributed by atoms with Crippen LogP contribution in [0.4, 0.5) is 29.2 Å². The second kappa shape index (κ2) is 21.2. The van der Waals surface area contributed by atoms with Crippen molar-refractivity contribution in [2.45, 2.75) is 62.8 Å². The Bertz CT molecular complexity index is 1810. The molecule has 53 heavy (non-hydrogen) atoms. The number of rotatable bonds is 11. The van der Waals surface area contributed by atoms with E-state index in [0.29, 0.717) is 23.5 Å². The van der Waals surface area contributed by atoms with Gasteiger partial charge in [-0.15, -0.1) is 12.4 Å². The molecular formula is C35H63ClN12O4S. The van der Waals surface area contributed by atoms with E-state index in [1.807, 2.05) is 37.3 Å². The molecule has 18 heteroatoms. The van der Waals surface area contributed by atoms with Crippen molar-refractivity contribution in [2.24, 2.45) is 0 Å². The summed E-state index contributed by atoms with van der Waals surface area (Å²) in [4.78, 5) is 32.3. The lowest BCUT2D eigenvalue weighted by atomic mass is 10.1. The number of nitrogens with zero attached hydrogens (tertiary/aromatic N) is 5. The molecule has 2 aliphatic heterocycles. The van der Waals surface area contributed by atoms with Gasteiger partial charge in [-0.1, -0.05) is 48.0 Å². The second-order valence-electron chi connectivity index (χ2n) is 12.4. The van der Waals surface area contributed by atoms with Crippen LogP contribution >= 0.6 is 12.4 Å². The summed E-state index contributed by atoms with van der Waals surface area (Å²) in [5.74, 6) is 0.836. The summed E-state index contributed by atoms with van der Waals surface area (Å²) in [7, 11) is -4.02. The lowest BCUT2D eigenvalue weighted by Crippen LogP contribution is -2.45. The van der Waals surface area contributed by atoms with Gasteiger partial charge in [0.25, 0.3) is 0 Å². The van der Waals surface area contributed by atoms with E-state index in [0.717, 1.165) is 63.0 Å². The molecule has 2 fully saturated rings. The first kappa shape index (κ1) is 46.4. The lowest BCUT2D eigenvalue weighted by Gasteiger charge is -2.30. The van der Waals surface area contributed by atoms with E-state index in [-0.39, 0.29) is 65.5 Å². The molecule has 1 unspecified atom stereocenters. The van der Waals surface area contributed by atoms with Crippen molar-refractivity contribution in [1.29, 1.82) is 0 Å². The Morgan fingerprint density at radius 1 is 0.792 bits per heavy atom. The van der Waals surface area contributed by atoms with Crippen molar-refractivity contribution in [3.8, 4) is 5.75 Å². The van der Waals surface area contributed by atoms with Crippen molar-refractivity contribution >= 4 is 57.6 Å². The number of aromatic hydroxyl groups is 1. The molecule has 0 radical (unpaired) electrons. The van der Waals surface area contributed by atoms with Crippen molar-refractivity contribution in [1.82, 2.24) is 44.3 Å². The number of phenols is 1. The van der Waals surface area contributed by atoms with Crippen LogP contribution < -0.4 is 49.8 Å². The summed E-state index contributed by atoms with van der Waals surface area (Å²) in [6, 6.07) is 19.2. The molecule has 1 atom stereocenters. The third-order valence-corrected chi connectivity index (χ3v) is 10.1. The second-order valence-corrected chi connectivity index (χ2v) is 14.1. The zero-order valence-corrected chi connectivity index (χ0v) is 32.0. The van der Waals surface area contributed by atoms with Gasteiger partial charge in [0.05, 0.1) is 10.6 Å². The number of aromatic nitrogens is 3. The van der Waals surface area contributed by atoms with Crippen molar-refractivity contribution in [3.63, 3.8) is 0 Å². The van der Waals surface area contributed by atoms with E-state index in [4.69, 9.17) is 15.0 Å². The number of benzene rings is 3. The summed E-state index contributed by atoms with van der Waals surface area (Å²) >= 11 is 0. The molecule has 16 nitrogen and oxygen atoms in total. The highest BCUT2D eigenvalue weighted by molar-refractivity contribution is 7.89. The van der Waals surface area contributed by atoms with Crippen LogP contribution in [0.25, 0.3) is 0 Å². The van der Waals surface area contributed by atoms with E-state index < -0.39 is 22.0 Å². The molecule has 1 amide bonds. The summed E-state index contributed by atoms with van der Waals surface area (Å²) in [5.41, 5.74) is 2.35. The predicted octanol–water partition coefficient (Wildman–Crippen LogP) is 7.19. The molecule has 16 N–H and O–H groups in total. The van der Waals surface area contributed by atoms with Crippen molar-refractivity contribution in [2.75, 3.05) is 46.6 Å². The maximum atomic E-state index is 13.6. The summed E-state index contributed by atoms with van der Waals surface area (Å²) < 4.78 is 29.1. The van der Waals surface area contributed by atoms with Gasteiger partial charge in [0.2, 0.25) is 33.8 Å². The van der Waals surface area contributed by atoms with Crippen LogP contribution in [0.2, 0.25) is 0 Å². The molecule has 0 saturated carbocycles. The molecule has 3 aromatic carbocycles. The molecule has 2 saturated heterocycles. The summed E-state index contributed by atoms with van der Waals surface area (Å²) in [6.45, 7) is 5.44. The highest BCUT2D eigenvalue weighted by Gasteiger charge is 2.27. The van der Waals surface area contributed by atoms with E-state index in [2.05, 4.69) is 25.2 Å². The quantitative estimate of drug-likeness (QED) is 0.0699. The molecule has 300 valence electrons.